The first-order chi connectivity index (χ1) is 11.0. The molecule has 2 aliphatic rings. The first kappa shape index (κ1) is 16.5. The van der Waals surface area contributed by atoms with Gasteiger partial charge in [-0.05, 0) is 50.7 Å². The van der Waals surface area contributed by atoms with Crippen LogP contribution < -0.4 is 5.32 Å². The zero-order valence-corrected chi connectivity index (χ0v) is 14.3. The van der Waals surface area contributed by atoms with Gasteiger partial charge in [0.05, 0.1) is 13.0 Å². The van der Waals surface area contributed by atoms with Gasteiger partial charge in [0, 0.05) is 28.4 Å². The monoisotopic (exact) mass is 336 g/mol. The lowest BCUT2D eigenvalue weighted by Gasteiger charge is -2.42. The highest BCUT2D eigenvalue weighted by atomic mass is 32.1. The SMILES string of the molecule is Cc1ccc(CC(=O)NC2CC(N(CC(=O)O)CC3CC3)C2)s1. The van der Waals surface area contributed by atoms with Crippen LogP contribution in [0.25, 0.3) is 0 Å². The number of aliphatic carboxylic acids is 1. The van der Waals surface area contributed by atoms with Gasteiger partial charge in [-0.1, -0.05) is 0 Å². The first-order valence-corrected chi connectivity index (χ1v) is 9.12. The molecule has 2 aliphatic carbocycles. The third kappa shape index (κ3) is 4.78. The van der Waals surface area contributed by atoms with Gasteiger partial charge < -0.3 is 10.4 Å². The molecule has 0 saturated heterocycles. The predicted molar refractivity (Wildman–Crippen MR) is 89.6 cm³/mol. The number of carboxylic acid groups (broad SMARTS) is 1. The average molecular weight is 336 g/mol. The van der Waals surface area contributed by atoms with Crippen molar-refractivity contribution in [1.29, 1.82) is 0 Å². The average Bonchev–Trinajstić information content (AvgIpc) is 3.14. The molecule has 0 bridgehead atoms. The van der Waals surface area contributed by atoms with Crippen molar-refractivity contribution >= 4 is 23.2 Å². The van der Waals surface area contributed by atoms with Crippen LogP contribution in [-0.2, 0) is 16.0 Å². The van der Waals surface area contributed by atoms with Gasteiger partial charge in [0.2, 0.25) is 5.91 Å². The lowest BCUT2D eigenvalue weighted by Crippen LogP contribution is -2.55. The van der Waals surface area contributed by atoms with E-state index in [4.69, 9.17) is 5.11 Å². The number of carboxylic acids is 1. The summed E-state index contributed by atoms with van der Waals surface area (Å²) in [7, 11) is 0. The number of amides is 1. The molecule has 23 heavy (non-hydrogen) atoms. The topological polar surface area (TPSA) is 69.6 Å². The van der Waals surface area contributed by atoms with Crippen LogP contribution in [-0.4, -0.2) is 47.1 Å². The van der Waals surface area contributed by atoms with Gasteiger partial charge in [0.15, 0.2) is 0 Å². The van der Waals surface area contributed by atoms with Gasteiger partial charge >= 0.3 is 5.97 Å². The fraction of sp³-hybridized carbons (Fsp3) is 0.647. The molecule has 6 heteroatoms. The largest absolute Gasteiger partial charge is 0.480 e. The summed E-state index contributed by atoms with van der Waals surface area (Å²) in [6, 6.07) is 4.55. The molecule has 1 amide bonds. The summed E-state index contributed by atoms with van der Waals surface area (Å²) in [6.07, 6.45) is 4.64. The summed E-state index contributed by atoms with van der Waals surface area (Å²) in [4.78, 5) is 27.5. The Morgan fingerprint density at radius 3 is 2.65 bits per heavy atom. The molecule has 2 saturated carbocycles. The Bertz CT molecular complexity index is 576. The maximum Gasteiger partial charge on any atom is 0.317 e. The van der Waals surface area contributed by atoms with Crippen molar-refractivity contribution in [2.24, 2.45) is 5.92 Å². The molecule has 126 valence electrons. The fourth-order valence-corrected chi connectivity index (χ4v) is 4.06. The van der Waals surface area contributed by atoms with E-state index >= 15 is 0 Å². The van der Waals surface area contributed by atoms with E-state index in [1.165, 1.54) is 17.7 Å². The molecule has 0 atom stereocenters. The van der Waals surface area contributed by atoms with E-state index in [1.807, 2.05) is 19.1 Å². The Kier molecular flexibility index (Phi) is 5.02. The molecule has 1 aromatic rings. The van der Waals surface area contributed by atoms with E-state index in [-0.39, 0.29) is 18.5 Å². The molecule has 3 rings (SSSR count). The molecular formula is C17H24N2O3S. The number of thiophene rings is 1. The van der Waals surface area contributed by atoms with Crippen molar-refractivity contribution in [1.82, 2.24) is 10.2 Å². The standard InChI is InChI=1S/C17H24N2O3S/c1-11-2-5-15(23-11)8-16(20)18-13-6-14(7-13)19(10-17(21)22)9-12-3-4-12/h2,5,12-14H,3-4,6-10H2,1H3,(H,18,20)(H,21,22). The molecule has 0 radical (unpaired) electrons. The molecule has 0 unspecified atom stereocenters. The Morgan fingerprint density at radius 2 is 2.09 bits per heavy atom. The normalized spacial score (nSPS) is 23.6. The van der Waals surface area contributed by atoms with Crippen molar-refractivity contribution in [3.63, 3.8) is 0 Å². The molecule has 5 nitrogen and oxygen atoms in total. The van der Waals surface area contributed by atoms with Crippen molar-refractivity contribution in [3.8, 4) is 0 Å². The zero-order chi connectivity index (χ0) is 16.4. The highest BCUT2D eigenvalue weighted by Crippen LogP contribution is 2.33. The second-order valence-electron chi connectivity index (χ2n) is 6.85. The molecule has 2 N–H and O–H groups in total. The number of aryl methyl sites for hydroxylation is 1. The summed E-state index contributed by atoms with van der Waals surface area (Å²) in [5.74, 6) is -0.00135. The van der Waals surface area contributed by atoms with E-state index in [0.717, 1.165) is 24.3 Å². The van der Waals surface area contributed by atoms with Crippen LogP contribution in [0.15, 0.2) is 12.1 Å². The van der Waals surface area contributed by atoms with Gasteiger partial charge in [0.25, 0.3) is 0 Å². The van der Waals surface area contributed by atoms with Crippen LogP contribution in [0, 0.1) is 12.8 Å². The lowest BCUT2D eigenvalue weighted by atomic mass is 9.85. The third-order valence-corrected chi connectivity index (χ3v) is 5.65. The smallest absolute Gasteiger partial charge is 0.317 e. The van der Waals surface area contributed by atoms with Gasteiger partial charge in [-0.15, -0.1) is 11.3 Å². The number of hydrogen-bond acceptors (Lipinski definition) is 4. The third-order valence-electron chi connectivity index (χ3n) is 4.65. The van der Waals surface area contributed by atoms with Gasteiger partial charge in [-0.25, -0.2) is 0 Å². The number of nitrogens with zero attached hydrogens (tertiary/aromatic N) is 1. The van der Waals surface area contributed by atoms with E-state index in [2.05, 4.69) is 10.2 Å². The van der Waals surface area contributed by atoms with Crippen LogP contribution in [0.1, 0.15) is 35.4 Å². The number of nitrogens with one attached hydrogen (secondary N) is 1. The summed E-state index contributed by atoms with van der Waals surface area (Å²) < 4.78 is 0. The quantitative estimate of drug-likeness (QED) is 0.762. The van der Waals surface area contributed by atoms with Crippen LogP contribution in [0.2, 0.25) is 0 Å². The Hall–Kier alpha value is -1.40. The molecule has 0 aromatic carbocycles. The summed E-state index contributed by atoms with van der Waals surface area (Å²) in [6.45, 7) is 3.06. The summed E-state index contributed by atoms with van der Waals surface area (Å²) >= 11 is 1.66. The number of rotatable bonds is 8. The van der Waals surface area contributed by atoms with Crippen molar-refractivity contribution in [3.05, 3.63) is 21.9 Å². The minimum atomic E-state index is -0.758. The minimum absolute atomic E-state index is 0.0716. The van der Waals surface area contributed by atoms with Crippen LogP contribution >= 0.6 is 11.3 Å². The van der Waals surface area contributed by atoms with E-state index < -0.39 is 5.97 Å². The Balaban J connectivity index is 1.41. The predicted octanol–water partition coefficient (Wildman–Crippen LogP) is 2.04. The van der Waals surface area contributed by atoms with E-state index in [0.29, 0.717) is 18.4 Å². The van der Waals surface area contributed by atoms with Gasteiger partial charge in [-0.2, -0.15) is 0 Å². The second-order valence-corrected chi connectivity index (χ2v) is 8.22. The number of carbonyl (C=O) groups excluding carboxylic acids is 1. The fourth-order valence-electron chi connectivity index (χ4n) is 3.17. The summed E-state index contributed by atoms with van der Waals surface area (Å²) in [5.41, 5.74) is 0. The molecular weight excluding hydrogens is 312 g/mol. The highest BCUT2D eigenvalue weighted by Gasteiger charge is 2.37. The molecule has 1 aromatic heterocycles. The maximum absolute atomic E-state index is 12.1. The van der Waals surface area contributed by atoms with Gasteiger partial charge in [0.1, 0.15) is 0 Å². The van der Waals surface area contributed by atoms with Crippen LogP contribution in [0.5, 0.6) is 0 Å². The van der Waals surface area contributed by atoms with Crippen LogP contribution in [0.4, 0.5) is 0 Å². The number of hydrogen-bond donors (Lipinski definition) is 2. The lowest BCUT2D eigenvalue weighted by molar-refractivity contribution is -0.140. The molecule has 2 fully saturated rings. The van der Waals surface area contributed by atoms with Crippen LogP contribution in [0.3, 0.4) is 0 Å². The van der Waals surface area contributed by atoms with E-state index in [9.17, 15) is 9.59 Å². The molecule has 0 aliphatic heterocycles. The van der Waals surface area contributed by atoms with E-state index in [1.54, 1.807) is 11.3 Å². The highest BCUT2D eigenvalue weighted by molar-refractivity contribution is 7.12. The Morgan fingerprint density at radius 1 is 1.35 bits per heavy atom. The molecule has 0 spiro atoms. The Labute approximate surface area is 140 Å². The summed E-state index contributed by atoms with van der Waals surface area (Å²) in [5, 5.41) is 12.1. The number of carbonyl (C=O) groups is 2. The first-order valence-electron chi connectivity index (χ1n) is 8.30. The van der Waals surface area contributed by atoms with Crippen molar-refractivity contribution in [2.45, 2.75) is 51.1 Å². The second kappa shape index (κ2) is 7.01. The zero-order valence-electron chi connectivity index (χ0n) is 13.5. The van der Waals surface area contributed by atoms with Crippen molar-refractivity contribution in [2.75, 3.05) is 13.1 Å². The molecule has 1 heterocycles. The van der Waals surface area contributed by atoms with Crippen molar-refractivity contribution < 1.29 is 14.7 Å². The maximum atomic E-state index is 12.1. The minimum Gasteiger partial charge on any atom is -0.480 e. The van der Waals surface area contributed by atoms with Gasteiger partial charge in [-0.3, -0.25) is 14.5 Å².